The monoisotopic (exact) mass is 284 g/mol. The quantitative estimate of drug-likeness (QED) is 0.783. The predicted molar refractivity (Wildman–Crippen MR) is 75.4 cm³/mol. The van der Waals surface area contributed by atoms with Crippen LogP contribution in [0.15, 0.2) is 24.3 Å². The van der Waals surface area contributed by atoms with E-state index in [0.717, 1.165) is 23.8 Å². The molecule has 0 fully saturated rings. The number of nitrogens with one attached hydrogen (secondary N) is 1. The third-order valence-corrected chi connectivity index (χ3v) is 4.43. The maximum absolute atomic E-state index is 11.6. The van der Waals surface area contributed by atoms with Crippen molar-refractivity contribution >= 4 is 15.7 Å². The van der Waals surface area contributed by atoms with Gasteiger partial charge >= 0.3 is 0 Å². The Labute approximate surface area is 114 Å². The van der Waals surface area contributed by atoms with Crippen LogP contribution in [0, 0.1) is 0 Å². The lowest BCUT2D eigenvalue weighted by molar-refractivity contribution is -0.120. The van der Waals surface area contributed by atoms with Crippen LogP contribution < -0.4 is 11.1 Å². The van der Waals surface area contributed by atoms with Gasteiger partial charge in [0.1, 0.15) is 5.25 Å². The molecule has 0 heterocycles. The first-order valence-corrected chi connectivity index (χ1v) is 8.04. The van der Waals surface area contributed by atoms with E-state index >= 15 is 0 Å². The molecule has 1 rings (SSSR count). The van der Waals surface area contributed by atoms with Crippen LogP contribution in [0.3, 0.4) is 0 Å². The average molecular weight is 284 g/mol. The molecule has 3 N–H and O–H groups in total. The molecule has 0 aliphatic carbocycles. The summed E-state index contributed by atoms with van der Waals surface area (Å²) in [5.74, 6) is -0.478. The fourth-order valence-electron chi connectivity index (χ4n) is 1.52. The third-order valence-electron chi connectivity index (χ3n) is 2.93. The molecule has 0 saturated carbocycles. The molecule has 0 aromatic heterocycles. The van der Waals surface area contributed by atoms with Crippen LogP contribution in [0.4, 0.5) is 0 Å². The summed E-state index contributed by atoms with van der Waals surface area (Å²) in [4.78, 5) is 11.6. The van der Waals surface area contributed by atoms with Crippen LogP contribution in [0.5, 0.6) is 0 Å². The van der Waals surface area contributed by atoms with E-state index in [-0.39, 0.29) is 0 Å². The zero-order chi connectivity index (χ0) is 14.5. The van der Waals surface area contributed by atoms with Gasteiger partial charge in [0, 0.05) is 12.8 Å². The van der Waals surface area contributed by atoms with Crippen LogP contribution in [-0.4, -0.2) is 32.4 Å². The topological polar surface area (TPSA) is 89.3 Å². The predicted octanol–water partition coefficient (Wildman–Crippen LogP) is 0.237. The third kappa shape index (κ3) is 5.00. The zero-order valence-corrected chi connectivity index (χ0v) is 12.0. The summed E-state index contributed by atoms with van der Waals surface area (Å²) in [6, 6.07) is 7.70. The largest absolute Gasteiger partial charge is 0.351 e. The molecule has 0 spiro atoms. The zero-order valence-electron chi connectivity index (χ0n) is 11.2. The van der Waals surface area contributed by atoms with E-state index in [9.17, 15) is 13.2 Å². The Morgan fingerprint density at radius 1 is 1.26 bits per heavy atom. The molecule has 106 valence electrons. The summed E-state index contributed by atoms with van der Waals surface area (Å²) >= 11 is 0. The number of benzene rings is 1. The highest BCUT2D eigenvalue weighted by atomic mass is 32.2. The lowest BCUT2D eigenvalue weighted by Crippen LogP contribution is -2.36. The fraction of sp³-hybridized carbons (Fsp3) is 0.462. The highest BCUT2D eigenvalue weighted by molar-refractivity contribution is 7.92. The van der Waals surface area contributed by atoms with Gasteiger partial charge < -0.3 is 11.1 Å². The standard InChI is InChI=1S/C13H20N2O3S/c1-10(19(2,17)18)13(16)15-9-12-5-3-11(4-6-12)7-8-14/h3-6,10H,7-9,14H2,1-2H3,(H,15,16). The summed E-state index contributed by atoms with van der Waals surface area (Å²) in [5, 5.41) is 1.59. The van der Waals surface area contributed by atoms with Crippen molar-refractivity contribution in [2.45, 2.75) is 25.1 Å². The number of carbonyl (C=O) groups excluding carboxylic acids is 1. The first-order valence-electron chi connectivity index (χ1n) is 6.09. The van der Waals surface area contributed by atoms with Gasteiger partial charge in [0.25, 0.3) is 0 Å². The van der Waals surface area contributed by atoms with Crippen LogP contribution >= 0.6 is 0 Å². The molecule has 1 atom stereocenters. The number of carbonyl (C=O) groups is 1. The summed E-state index contributed by atoms with van der Waals surface area (Å²) in [7, 11) is -3.35. The smallest absolute Gasteiger partial charge is 0.238 e. The SMILES string of the molecule is CC(C(=O)NCc1ccc(CCN)cc1)S(C)(=O)=O. The Hall–Kier alpha value is -1.40. The van der Waals surface area contributed by atoms with Gasteiger partial charge in [-0.25, -0.2) is 8.42 Å². The van der Waals surface area contributed by atoms with Crippen molar-refractivity contribution in [3.8, 4) is 0 Å². The van der Waals surface area contributed by atoms with Crippen LogP contribution in [0.2, 0.25) is 0 Å². The molecule has 0 aliphatic rings. The second-order valence-electron chi connectivity index (χ2n) is 4.54. The molecular weight excluding hydrogens is 264 g/mol. The number of hydrogen-bond donors (Lipinski definition) is 2. The second-order valence-corrected chi connectivity index (χ2v) is 6.91. The summed E-state index contributed by atoms with van der Waals surface area (Å²) < 4.78 is 22.5. The minimum atomic E-state index is -3.35. The van der Waals surface area contributed by atoms with Crippen molar-refractivity contribution in [2.75, 3.05) is 12.8 Å². The highest BCUT2D eigenvalue weighted by Crippen LogP contribution is 2.05. The van der Waals surface area contributed by atoms with Gasteiger partial charge in [0.05, 0.1) is 0 Å². The number of hydrogen-bond acceptors (Lipinski definition) is 4. The Morgan fingerprint density at radius 3 is 2.26 bits per heavy atom. The Bertz CT molecular complexity index is 523. The average Bonchev–Trinajstić information content (AvgIpc) is 2.36. The van der Waals surface area contributed by atoms with E-state index in [0.29, 0.717) is 13.1 Å². The Balaban J connectivity index is 2.55. The summed E-state index contributed by atoms with van der Waals surface area (Å²) in [6.07, 6.45) is 1.87. The molecule has 1 aromatic rings. The maximum atomic E-state index is 11.6. The van der Waals surface area contributed by atoms with E-state index < -0.39 is 21.0 Å². The minimum absolute atomic E-state index is 0.321. The second kappa shape index (κ2) is 6.68. The van der Waals surface area contributed by atoms with Crippen molar-refractivity contribution in [3.05, 3.63) is 35.4 Å². The van der Waals surface area contributed by atoms with Gasteiger partial charge in [-0.1, -0.05) is 24.3 Å². The maximum Gasteiger partial charge on any atom is 0.238 e. The molecule has 1 amide bonds. The molecule has 0 radical (unpaired) electrons. The van der Waals surface area contributed by atoms with E-state index in [1.165, 1.54) is 6.92 Å². The van der Waals surface area contributed by atoms with Crippen LogP contribution in [0.25, 0.3) is 0 Å². The minimum Gasteiger partial charge on any atom is -0.351 e. The molecule has 6 heteroatoms. The number of rotatable bonds is 6. The summed E-state index contributed by atoms with van der Waals surface area (Å²) in [6.45, 7) is 2.30. The van der Waals surface area contributed by atoms with Gasteiger partial charge in [0.15, 0.2) is 9.84 Å². The lowest BCUT2D eigenvalue weighted by atomic mass is 10.1. The number of amides is 1. The van der Waals surface area contributed by atoms with E-state index in [1.54, 1.807) is 0 Å². The molecule has 0 saturated heterocycles. The molecule has 19 heavy (non-hydrogen) atoms. The molecule has 1 aromatic carbocycles. The van der Waals surface area contributed by atoms with Crippen molar-refractivity contribution in [2.24, 2.45) is 5.73 Å². The lowest BCUT2D eigenvalue weighted by Gasteiger charge is -2.10. The van der Waals surface area contributed by atoms with Crippen LogP contribution in [0.1, 0.15) is 18.1 Å². The molecule has 0 aliphatic heterocycles. The first kappa shape index (κ1) is 15.7. The molecule has 5 nitrogen and oxygen atoms in total. The van der Waals surface area contributed by atoms with Crippen molar-refractivity contribution in [3.63, 3.8) is 0 Å². The number of nitrogens with two attached hydrogens (primary N) is 1. The molecule has 0 bridgehead atoms. The van der Waals surface area contributed by atoms with Crippen LogP contribution in [-0.2, 0) is 27.6 Å². The van der Waals surface area contributed by atoms with E-state index in [1.807, 2.05) is 24.3 Å². The first-order chi connectivity index (χ1) is 8.84. The highest BCUT2D eigenvalue weighted by Gasteiger charge is 2.22. The molecular formula is C13H20N2O3S. The molecule has 1 unspecified atom stereocenters. The van der Waals surface area contributed by atoms with Crippen molar-refractivity contribution in [1.29, 1.82) is 0 Å². The Morgan fingerprint density at radius 2 is 1.79 bits per heavy atom. The Kier molecular flexibility index (Phi) is 5.50. The summed E-state index contributed by atoms with van der Waals surface area (Å²) in [5.41, 5.74) is 7.52. The normalized spacial score (nSPS) is 13.0. The van der Waals surface area contributed by atoms with Gasteiger partial charge in [-0.2, -0.15) is 0 Å². The van der Waals surface area contributed by atoms with E-state index in [4.69, 9.17) is 5.73 Å². The van der Waals surface area contributed by atoms with Crippen molar-refractivity contribution in [1.82, 2.24) is 5.32 Å². The fourth-order valence-corrected chi connectivity index (χ4v) is 1.99. The van der Waals surface area contributed by atoms with Gasteiger partial charge in [-0.15, -0.1) is 0 Å². The van der Waals surface area contributed by atoms with Crippen molar-refractivity contribution < 1.29 is 13.2 Å². The number of sulfone groups is 1. The van der Waals surface area contributed by atoms with E-state index in [2.05, 4.69) is 5.32 Å². The van der Waals surface area contributed by atoms with Gasteiger partial charge in [-0.05, 0) is 31.0 Å². The van der Waals surface area contributed by atoms with Gasteiger partial charge in [0.2, 0.25) is 5.91 Å². The van der Waals surface area contributed by atoms with Gasteiger partial charge in [-0.3, -0.25) is 4.79 Å².